The molecule has 0 aliphatic heterocycles. The van der Waals surface area contributed by atoms with Crippen molar-refractivity contribution in [3.8, 4) is 22.8 Å². The highest BCUT2D eigenvalue weighted by Gasteiger charge is 2.19. The first kappa shape index (κ1) is 21.1. The van der Waals surface area contributed by atoms with Crippen LogP contribution in [0.25, 0.3) is 33.1 Å². The Morgan fingerprint density at radius 2 is 1.67 bits per heavy atom. The van der Waals surface area contributed by atoms with Crippen molar-refractivity contribution < 1.29 is 13.9 Å². The number of fused-ring (bicyclic) bond motifs is 2. The molecule has 0 aliphatic rings. The Morgan fingerprint density at radius 3 is 2.45 bits per heavy atom. The monoisotopic (exact) mass is 456 g/mol. The van der Waals surface area contributed by atoms with E-state index in [0.717, 1.165) is 27.5 Å². The first-order chi connectivity index (χ1) is 16.0. The first-order valence-electron chi connectivity index (χ1n) is 10.6. The quantitative estimate of drug-likeness (QED) is 0.281. The number of hydrogen-bond acceptors (Lipinski definition) is 4. The lowest BCUT2D eigenvalue weighted by atomic mass is 10.1. The standard InChI is InChI=1S/C28H21ClO4/c1-17-14-25-23(15-24(17)29)26(30)28(27(33-25)19-10-12-21(31-2)13-11-19)32-16-20-8-5-7-18-6-3-4-9-22(18)20/h3-15H,16H2,1-2H3. The minimum atomic E-state index is -0.260. The fraction of sp³-hybridized carbons (Fsp3) is 0.107. The van der Waals surface area contributed by atoms with Crippen molar-refractivity contribution in [2.24, 2.45) is 0 Å². The third kappa shape index (κ3) is 3.94. The molecule has 4 aromatic carbocycles. The molecular weight excluding hydrogens is 436 g/mol. The van der Waals surface area contributed by atoms with Crippen LogP contribution in [-0.4, -0.2) is 7.11 Å². The molecule has 5 rings (SSSR count). The van der Waals surface area contributed by atoms with E-state index in [1.54, 1.807) is 19.2 Å². The summed E-state index contributed by atoms with van der Waals surface area (Å²) in [6, 6.07) is 24.9. The van der Waals surface area contributed by atoms with Crippen LogP contribution in [0.5, 0.6) is 11.5 Å². The van der Waals surface area contributed by atoms with Crippen LogP contribution in [0.2, 0.25) is 5.02 Å². The molecule has 0 bridgehead atoms. The molecule has 33 heavy (non-hydrogen) atoms. The summed E-state index contributed by atoms with van der Waals surface area (Å²) in [6.07, 6.45) is 0. The minimum absolute atomic E-state index is 0.153. The van der Waals surface area contributed by atoms with E-state index in [9.17, 15) is 4.79 Å². The van der Waals surface area contributed by atoms with E-state index in [-0.39, 0.29) is 17.8 Å². The van der Waals surface area contributed by atoms with Crippen molar-refractivity contribution in [3.63, 3.8) is 0 Å². The smallest absolute Gasteiger partial charge is 0.235 e. The van der Waals surface area contributed by atoms with Gasteiger partial charge in [0.1, 0.15) is 17.9 Å². The summed E-state index contributed by atoms with van der Waals surface area (Å²) in [5.41, 5.74) is 2.73. The highest BCUT2D eigenvalue weighted by Crippen LogP contribution is 2.34. The van der Waals surface area contributed by atoms with E-state index in [0.29, 0.717) is 27.5 Å². The maximum Gasteiger partial charge on any atom is 0.235 e. The maximum absolute atomic E-state index is 13.5. The van der Waals surface area contributed by atoms with E-state index in [2.05, 4.69) is 12.1 Å². The highest BCUT2D eigenvalue weighted by molar-refractivity contribution is 6.32. The van der Waals surface area contributed by atoms with Gasteiger partial charge in [0.2, 0.25) is 11.2 Å². The number of benzene rings is 4. The topological polar surface area (TPSA) is 48.7 Å². The van der Waals surface area contributed by atoms with Crippen LogP contribution in [0.1, 0.15) is 11.1 Å². The van der Waals surface area contributed by atoms with Gasteiger partial charge < -0.3 is 13.9 Å². The third-order valence-corrected chi connectivity index (χ3v) is 6.14. The van der Waals surface area contributed by atoms with Gasteiger partial charge in [-0.15, -0.1) is 0 Å². The molecule has 0 N–H and O–H groups in total. The van der Waals surface area contributed by atoms with E-state index in [1.807, 2.05) is 61.5 Å². The van der Waals surface area contributed by atoms with Crippen molar-refractivity contribution in [1.82, 2.24) is 0 Å². The van der Waals surface area contributed by atoms with Crippen molar-refractivity contribution in [3.05, 3.63) is 105 Å². The van der Waals surface area contributed by atoms with Gasteiger partial charge in [-0.2, -0.15) is 0 Å². The second-order valence-electron chi connectivity index (χ2n) is 7.84. The summed E-state index contributed by atoms with van der Waals surface area (Å²) in [5.74, 6) is 1.24. The molecule has 1 aromatic heterocycles. The zero-order valence-corrected chi connectivity index (χ0v) is 19.0. The number of aryl methyl sites for hydroxylation is 1. The lowest BCUT2D eigenvalue weighted by molar-refractivity contribution is 0.299. The van der Waals surface area contributed by atoms with Crippen molar-refractivity contribution in [1.29, 1.82) is 0 Å². The van der Waals surface area contributed by atoms with Gasteiger partial charge in [-0.3, -0.25) is 4.79 Å². The molecular formula is C28H21ClO4. The summed E-state index contributed by atoms with van der Waals surface area (Å²) in [4.78, 5) is 13.5. The molecule has 0 amide bonds. The Balaban J connectivity index is 1.65. The van der Waals surface area contributed by atoms with Gasteiger partial charge in [-0.25, -0.2) is 0 Å². The van der Waals surface area contributed by atoms with Crippen LogP contribution in [-0.2, 0) is 6.61 Å². The van der Waals surface area contributed by atoms with E-state index in [1.165, 1.54) is 0 Å². The second-order valence-corrected chi connectivity index (χ2v) is 8.25. The van der Waals surface area contributed by atoms with Crippen molar-refractivity contribution in [2.75, 3.05) is 7.11 Å². The van der Waals surface area contributed by atoms with Gasteiger partial charge >= 0.3 is 0 Å². The second kappa shape index (κ2) is 8.64. The van der Waals surface area contributed by atoms with Crippen molar-refractivity contribution in [2.45, 2.75) is 13.5 Å². The summed E-state index contributed by atoms with van der Waals surface area (Å²) in [5, 5.41) is 3.08. The van der Waals surface area contributed by atoms with Crippen LogP contribution < -0.4 is 14.9 Å². The average Bonchev–Trinajstić information content (AvgIpc) is 2.85. The van der Waals surface area contributed by atoms with Gasteiger partial charge in [0.25, 0.3) is 0 Å². The maximum atomic E-state index is 13.5. The van der Waals surface area contributed by atoms with E-state index >= 15 is 0 Å². The third-order valence-electron chi connectivity index (χ3n) is 5.73. The first-order valence-corrected chi connectivity index (χ1v) is 10.9. The van der Waals surface area contributed by atoms with Crippen molar-refractivity contribution >= 4 is 33.3 Å². The van der Waals surface area contributed by atoms with Gasteiger partial charge in [0.15, 0.2) is 5.76 Å². The fourth-order valence-electron chi connectivity index (χ4n) is 3.93. The van der Waals surface area contributed by atoms with Gasteiger partial charge in [0.05, 0.1) is 12.5 Å². The van der Waals surface area contributed by atoms with Crippen LogP contribution >= 0.6 is 11.6 Å². The van der Waals surface area contributed by atoms with Gasteiger partial charge in [0, 0.05) is 10.6 Å². The molecule has 5 aromatic rings. The predicted octanol–water partition coefficient (Wildman–Crippen LogP) is 7.16. The Bertz CT molecular complexity index is 1530. The Labute approximate surface area is 196 Å². The lowest BCUT2D eigenvalue weighted by Crippen LogP contribution is -2.10. The highest BCUT2D eigenvalue weighted by atomic mass is 35.5. The largest absolute Gasteiger partial charge is 0.497 e. The summed E-state index contributed by atoms with van der Waals surface area (Å²) >= 11 is 6.31. The lowest BCUT2D eigenvalue weighted by Gasteiger charge is -2.14. The normalized spacial score (nSPS) is 11.1. The molecule has 1 heterocycles. The Hall–Kier alpha value is -3.76. The molecule has 0 fully saturated rings. The zero-order chi connectivity index (χ0) is 22.9. The molecule has 4 nitrogen and oxygen atoms in total. The number of rotatable bonds is 5. The zero-order valence-electron chi connectivity index (χ0n) is 18.2. The number of halogens is 1. The molecule has 0 unspecified atom stereocenters. The van der Waals surface area contributed by atoms with E-state index < -0.39 is 0 Å². The minimum Gasteiger partial charge on any atom is -0.497 e. The average molecular weight is 457 g/mol. The fourth-order valence-corrected chi connectivity index (χ4v) is 4.09. The van der Waals surface area contributed by atoms with Crippen LogP contribution in [0.3, 0.4) is 0 Å². The Morgan fingerprint density at radius 1 is 0.909 bits per heavy atom. The number of methoxy groups -OCH3 is 1. The van der Waals surface area contributed by atoms with Gasteiger partial charge in [-0.05, 0) is 65.2 Å². The molecule has 0 aliphatic carbocycles. The Kier molecular flexibility index (Phi) is 5.53. The van der Waals surface area contributed by atoms with Crippen LogP contribution in [0.4, 0.5) is 0 Å². The molecule has 0 saturated carbocycles. The summed E-state index contributed by atoms with van der Waals surface area (Å²) in [6.45, 7) is 2.10. The molecule has 164 valence electrons. The predicted molar refractivity (Wildman–Crippen MR) is 132 cm³/mol. The SMILES string of the molecule is COc1ccc(-c2oc3cc(C)c(Cl)cc3c(=O)c2OCc2cccc3ccccc23)cc1. The molecule has 0 radical (unpaired) electrons. The summed E-state index contributed by atoms with van der Waals surface area (Å²) in [7, 11) is 1.61. The molecule has 0 atom stereocenters. The molecule has 0 saturated heterocycles. The van der Waals surface area contributed by atoms with Crippen LogP contribution in [0, 0.1) is 6.92 Å². The van der Waals surface area contributed by atoms with Gasteiger partial charge in [-0.1, -0.05) is 54.1 Å². The molecule has 0 spiro atoms. The van der Waals surface area contributed by atoms with Crippen LogP contribution in [0.15, 0.2) is 88.1 Å². The van der Waals surface area contributed by atoms with E-state index in [4.69, 9.17) is 25.5 Å². The molecule has 5 heteroatoms. The summed E-state index contributed by atoms with van der Waals surface area (Å²) < 4.78 is 17.7. The number of ether oxygens (including phenoxy) is 2. The number of hydrogen-bond donors (Lipinski definition) is 0.